The number of hydrogen-bond acceptors (Lipinski definition) is 3. The quantitative estimate of drug-likeness (QED) is 0.686. The second-order valence-electron chi connectivity index (χ2n) is 3.71. The Labute approximate surface area is 90.9 Å². The van der Waals surface area contributed by atoms with Gasteiger partial charge in [-0.3, -0.25) is 4.79 Å². The van der Waals surface area contributed by atoms with E-state index in [2.05, 4.69) is 0 Å². The average Bonchev–Trinajstić information content (AvgIpc) is 2.11. The van der Waals surface area contributed by atoms with E-state index in [1.54, 1.807) is 37.7 Å². The summed E-state index contributed by atoms with van der Waals surface area (Å²) in [7, 11) is 3.54. The molecule has 0 saturated carbocycles. The van der Waals surface area contributed by atoms with Crippen LogP contribution >= 0.6 is 11.8 Å². The minimum absolute atomic E-state index is 0.176. The molecule has 1 N–H and O–H groups in total. The van der Waals surface area contributed by atoms with Crippen LogP contribution in [0, 0.1) is 0 Å². The summed E-state index contributed by atoms with van der Waals surface area (Å²) in [5.74, 6) is 1.11. The number of carbonyl (C=O) groups is 1. The number of thioether (sulfide) groups is 1. The van der Waals surface area contributed by atoms with Crippen LogP contribution in [0.5, 0.6) is 0 Å². The fourth-order valence-corrected chi connectivity index (χ4v) is 1.82. The third-order valence-corrected chi connectivity index (χ3v) is 3.54. The van der Waals surface area contributed by atoms with Crippen molar-refractivity contribution in [1.29, 1.82) is 0 Å². The minimum atomic E-state index is -0.274. The van der Waals surface area contributed by atoms with Gasteiger partial charge in [-0.05, 0) is 19.1 Å². The molecule has 0 aromatic rings. The average molecular weight is 219 g/mol. The maximum absolute atomic E-state index is 11.2. The van der Waals surface area contributed by atoms with Crippen molar-refractivity contribution < 1.29 is 9.90 Å². The third kappa shape index (κ3) is 6.27. The van der Waals surface area contributed by atoms with Crippen molar-refractivity contribution in [3.05, 3.63) is 0 Å². The Morgan fingerprint density at radius 2 is 2.00 bits per heavy atom. The lowest BCUT2D eigenvalue weighted by molar-refractivity contribution is -0.128. The molecular weight excluding hydrogens is 198 g/mol. The highest BCUT2D eigenvalue weighted by Crippen LogP contribution is 2.15. The molecule has 1 amide bonds. The molecule has 0 bridgehead atoms. The first-order valence-corrected chi connectivity index (χ1v) is 6.00. The number of aliphatic hydroxyl groups excluding tert-OH is 1. The van der Waals surface area contributed by atoms with Gasteiger partial charge in [0.05, 0.1) is 6.10 Å². The van der Waals surface area contributed by atoms with Crippen molar-refractivity contribution in [1.82, 2.24) is 4.90 Å². The molecule has 0 aromatic carbocycles. The first kappa shape index (κ1) is 13.8. The highest BCUT2D eigenvalue weighted by Gasteiger charge is 2.09. The molecule has 4 heteroatoms. The van der Waals surface area contributed by atoms with Gasteiger partial charge in [0.15, 0.2) is 0 Å². The van der Waals surface area contributed by atoms with E-state index in [0.29, 0.717) is 6.42 Å². The van der Waals surface area contributed by atoms with Gasteiger partial charge >= 0.3 is 0 Å². The normalized spacial score (nSPS) is 14.9. The van der Waals surface area contributed by atoms with E-state index in [9.17, 15) is 9.90 Å². The van der Waals surface area contributed by atoms with Crippen LogP contribution in [0.15, 0.2) is 0 Å². The summed E-state index contributed by atoms with van der Waals surface area (Å²) in [6.07, 6.45) is 1.22. The Morgan fingerprint density at radius 3 is 2.43 bits per heavy atom. The molecule has 0 aliphatic rings. The molecular formula is C10H21NO2S. The number of hydrogen-bond donors (Lipinski definition) is 1. The number of aliphatic hydroxyl groups is 1. The number of carbonyl (C=O) groups excluding carboxylic acids is 1. The molecule has 2 unspecified atom stereocenters. The van der Waals surface area contributed by atoms with Gasteiger partial charge in [0.25, 0.3) is 0 Å². The summed E-state index contributed by atoms with van der Waals surface area (Å²) < 4.78 is 0. The summed E-state index contributed by atoms with van der Waals surface area (Å²) in [5.41, 5.74) is 0. The largest absolute Gasteiger partial charge is 0.392 e. The minimum Gasteiger partial charge on any atom is -0.392 e. The van der Waals surface area contributed by atoms with Gasteiger partial charge in [0, 0.05) is 25.8 Å². The zero-order valence-electron chi connectivity index (χ0n) is 9.49. The molecule has 84 valence electrons. The Kier molecular flexibility index (Phi) is 7.01. The SMILES string of the molecule is CC(O)C(C)SCCCC(=O)N(C)C. The zero-order chi connectivity index (χ0) is 11.1. The van der Waals surface area contributed by atoms with Crippen molar-refractivity contribution in [2.45, 2.75) is 38.0 Å². The van der Waals surface area contributed by atoms with E-state index in [-0.39, 0.29) is 17.3 Å². The highest BCUT2D eigenvalue weighted by molar-refractivity contribution is 7.99. The van der Waals surface area contributed by atoms with Crippen molar-refractivity contribution in [2.75, 3.05) is 19.8 Å². The summed E-state index contributed by atoms with van der Waals surface area (Å²) in [4.78, 5) is 12.8. The maximum Gasteiger partial charge on any atom is 0.222 e. The second kappa shape index (κ2) is 7.12. The van der Waals surface area contributed by atoms with Crippen LogP contribution in [0.1, 0.15) is 26.7 Å². The van der Waals surface area contributed by atoms with Crippen molar-refractivity contribution in [2.24, 2.45) is 0 Å². The summed E-state index contributed by atoms with van der Waals surface area (Å²) in [6, 6.07) is 0. The topological polar surface area (TPSA) is 40.5 Å². The number of amides is 1. The lowest BCUT2D eigenvalue weighted by Gasteiger charge is -2.14. The molecule has 0 radical (unpaired) electrons. The number of nitrogens with zero attached hydrogens (tertiary/aromatic N) is 1. The van der Waals surface area contributed by atoms with Crippen LogP contribution in [0.25, 0.3) is 0 Å². The number of rotatable bonds is 6. The molecule has 0 spiro atoms. The molecule has 0 saturated heterocycles. The monoisotopic (exact) mass is 219 g/mol. The lowest BCUT2D eigenvalue weighted by atomic mass is 10.3. The Morgan fingerprint density at radius 1 is 1.43 bits per heavy atom. The fraction of sp³-hybridized carbons (Fsp3) is 0.900. The molecule has 3 nitrogen and oxygen atoms in total. The molecule has 0 aromatic heterocycles. The molecule has 0 heterocycles. The highest BCUT2D eigenvalue weighted by atomic mass is 32.2. The van der Waals surface area contributed by atoms with E-state index < -0.39 is 0 Å². The molecule has 0 aliphatic heterocycles. The fourth-order valence-electron chi connectivity index (χ4n) is 0.855. The van der Waals surface area contributed by atoms with Gasteiger partial charge < -0.3 is 10.0 Å². The predicted molar refractivity (Wildman–Crippen MR) is 61.5 cm³/mol. The smallest absolute Gasteiger partial charge is 0.222 e. The van der Waals surface area contributed by atoms with Crippen molar-refractivity contribution in [3.63, 3.8) is 0 Å². The van der Waals surface area contributed by atoms with E-state index >= 15 is 0 Å². The molecule has 0 aliphatic carbocycles. The van der Waals surface area contributed by atoms with Crippen LogP contribution in [-0.2, 0) is 4.79 Å². The van der Waals surface area contributed by atoms with Gasteiger partial charge in [-0.25, -0.2) is 0 Å². The van der Waals surface area contributed by atoms with Crippen LogP contribution in [-0.4, -0.2) is 47.1 Å². The Balaban J connectivity index is 3.43. The predicted octanol–water partition coefficient (Wildman–Crippen LogP) is 1.36. The first-order valence-electron chi connectivity index (χ1n) is 4.95. The van der Waals surface area contributed by atoms with Crippen molar-refractivity contribution in [3.8, 4) is 0 Å². The van der Waals surface area contributed by atoms with E-state index in [1.807, 2.05) is 6.92 Å². The van der Waals surface area contributed by atoms with Crippen molar-refractivity contribution >= 4 is 17.7 Å². The van der Waals surface area contributed by atoms with Gasteiger partial charge in [0.2, 0.25) is 5.91 Å². The Bertz CT molecular complexity index is 172. The van der Waals surface area contributed by atoms with Gasteiger partial charge in [-0.1, -0.05) is 6.92 Å². The maximum atomic E-state index is 11.2. The van der Waals surface area contributed by atoms with Crippen LogP contribution < -0.4 is 0 Å². The van der Waals surface area contributed by atoms with E-state index in [0.717, 1.165) is 12.2 Å². The summed E-state index contributed by atoms with van der Waals surface area (Å²) in [6.45, 7) is 3.80. The second-order valence-corrected chi connectivity index (χ2v) is 5.19. The van der Waals surface area contributed by atoms with Crippen LogP contribution in [0.2, 0.25) is 0 Å². The zero-order valence-corrected chi connectivity index (χ0v) is 10.3. The van der Waals surface area contributed by atoms with Crippen LogP contribution in [0.4, 0.5) is 0 Å². The molecule has 2 atom stereocenters. The summed E-state index contributed by atoms with van der Waals surface area (Å²) in [5, 5.41) is 9.48. The van der Waals surface area contributed by atoms with E-state index in [1.165, 1.54) is 0 Å². The third-order valence-electron chi connectivity index (χ3n) is 2.09. The summed E-state index contributed by atoms with van der Waals surface area (Å²) >= 11 is 1.72. The lowest BCUT2D eigenvalue weighted by Crippen LogP contribution is -2.21. The van der Waals surface area contributed by atoms with Crippen LogP contribution in [0.3, 0.4) is 0 Å². The first-order chi connectivity index (χ1) is 6.45. The molecule has 14 heavy (non-hydrogen) atoms. The standard InChI is InChI=1S/C10H21NO2S/c1-8(12)9(2)14-7-5-6-10(13)11(3)4/h8-9,12H,5-7H2,1-4H3. The van der Waals surface area contributed by atoms with Gasteiger partial charge in [0.1, 0.15) is 0 Å². The van der Waals surface area contributed by atoms with Gasteiger partial charge in [-0.2, -0.15) is 11.8 Å². The van der Waals surface area contributed by atoms with E-state index in [4.69, 9.17) is 0 Å². The molecule has 0 fully saturated rings. The van der Waals surface area contributed by atoms with Gasteiger partial charge in [-0.15, -0.1) is 0 Å². The molecule has 0 rings (SSSR count). The Hall–Kier alpha value is -0.220.